The summed E-state index contributed by atoms with van der Waals surface area (Å²) in [6, 6.07) is 8.78. The second-order valence-electron chi connectivity index (χ2n) is 7.35. The SMILES string of the molecule is C=C/C(CCNC)=C(\C=C/C)CCCOCCC1=[N+](C)CCc2ccccc21. The third-order valence-electron chi connectivity index (χ3n) is 5.39. The van der Waals surface area contributed by atoms with Crippen molar-refractivity contribution in [2.24, 2.45) is 0 Å². The summed E-state index contributed by atoms with van der Waals surface area (Å²) in [7, 11) is 4.19. The molecule has 1 aromatic carbocycles. The van der Waals surface area contributed by atoms with E-state index in [1.54, 1.807) is 0 Å². The fourth-order valence-corrected chi connectivity index (χ4v) is 3.82. The maximum absolute atomic E-state index is 5.99. The highest BCUT2D eigenvalue weighted by Gasteiger charge is 2.22. The molecule has 3 heteroatoms. The van der Waals surface area contributed by atoms with E-state index in [0.29, 0.717) is 0 Å². The second kappa shape index (κ2) is 12.5. The Kier molecular flexibility index (Phi) is 9.95. The first kappa shape index (κ1) is 22.3. The minimum Gasteiger partial charge on any atom is -0.381 e. The largest absolute Gasteiger partial charge is 0.381 e. The molecule has 1 heterocycles. The number of rotatable bonds is 12. The third-order valence-corrected chi connectivity index (χ3v) is 5.39. The fraction of sp³-hybridized carbons (Fsp3) is 0.480. The standard InChI is InChI=1S/C25H37N2O/c1-5-10-22(21(6-2)14-17-26-3)12-9-19-28-20-16-25-24-13-8-7-11-23(24)15-18-27(25)4/h5-8,10-11,13,26H,2,9,12,14-20H2,1,3-4H3/q+1/b10-5-,22-21-. The van der Waals surface area contributed by atoms with E-state index in [1.807, 2.05) is 13.1 Å². The van der Waals surface area contributed by atoms with Crippen LogP contribution in [-0.2, 0) is 11.2 Å². The summed E-state index contributed by atoms with van der Waals surface area (Å²) >= 11 is 0. The highest BCUT2D eigenvalue weighted by molar-refractivity contribution is 5.98. The first-order chi connectivity index (χ1) is 13.7. The lowest BCUT2D eigenvalue weighted by molar-refractivity contribution is -0.499. The number of nitrogens with zero attached hydrogens (tertiary/aromatic N) is 1. The fourth-order valence-electron chi connectivity index (χ4n) is 3.82. The van der Waals surface area contributed by atoms with E-state index in [-0.39, 0.29) is 0 Å². The van der Waals surface area contributed by atoms with Gasteiger partial charge in [-0.15, -0.1) is 0 Å². The molecule has 0 spiro atoms. The summed E-state index contributed by atoms with van der Waals surface area (Å²) in [6.45, 7) is 9.73. The zero-order valence-corrected chi connectivity index (χ0v) is 18.0. The van der Waals surface area contributed by atoms with Crippen molar-refractivity contribution in [1.29, 1.82) is 0 Å². The van der Waals surface area contributed by atoms with E-state index in [4.69, 9.17) is 4.74 Å². The van der Waals surface area contributed by atoms with Crippen LogP contribution in [0.5, 0.6) is 0 Å². The number of benzene rings is 1. The molecule has 0 atom stereocenters. The number of ether oxygens (including phenoxy) is 1. The van der Waals surface area contributed by atoms with Gasteiger partial charge in [-0.1, -0.05) is 43.0 Å². The minimum absolute atomic E-state index is 0.782. The smallest absolute Gasteiger partial charge is 0.185 e. The van der Waals surface area contributed by atoms with Crippen molar-refractivity contribution in [3.05, 3.63) is 71.3 Å². The molecule has 0 saturated carbocycles. The Balaban J connectivity index is 1.81. The number of likely N-dealkylation sites (N-methyl/N-ethyl adjacent to an activating group) is 1. The first-order valence-corrected chi connectivity index (χ1v) is 10.6. The number of hydrogen-bond donors (Lipinski definition) is 1. The topological polar surface area (TPSA) is 24.3 Å². The van der Waals surface area contributed by atoms with Crippen molar-refractivity contribution in [3.63, 3.8) is 0 Å². The lowest BCUT2D eigenvalue weighted by Crippen LogP contribution is -2.28. The normalized spacial score (nSPS) is 15.0. The number of hydrogen-bond acceptors (Lipinski definition) is 2. The van der Waals surface area contributed by atoms with Crippen LogP contribution in [0.2, 0.25) is 0 Å². The zero-order chi connectivity index (χ0) is 20.2. The quantitative estimate of drug-likeness (QED) is 0.327. The van der Waals surface area contributed by atoms with E-state index in [2.05, 4.69) is 66.9 Å². The van der Waals surface area contributed by atoms with Crippen LogP contribution >= 0.6 is 0 Å². The molecule has 0 amide bonds. The molecule has 0 saturated heterocycles. The van der Waals surface area contributed by atoms with E-state index < -0.39 is 0 Å². The minimum atomic E-state index is 0.782. The lowest BCUT2D eigenvalue weighted by atomic mass is 9.95. The van der Waals surface area contributed by atoms with Gasteiger partial charge in [0.15, 0.2) is 5.71 Å². The van der Waals surface area contributed by atoms with Gasteiger partial charge in [-0.05, 0) is 62.6 Å². The van der Waals surface area contributed by atoms with Gasteiger partial charge in [0.05, 0.1) is 13.0 Å². The second-order valence-corrected chi connectivity index (χ2v) is 7.35. The summed E-state index contributed by atoms with van der Waals surface area (Å²) < 4.78 is 8.38. The molecule has 0 aromatic heterocycles. The van der Waals surface area contributed by atoms with Crippen molar-refractivity contribution in [2.75, 3.05) is 40.4 Å². The number of nitrogens with one attached hydrogen (secondary N) is 1. The van der Waals surface area contributed by atoms with E-state index in [0.717, 1.165) is 58.4 Å². The van der Waals surface area contributed by atoms with Crippen LogP contribution in [-0.4, -0.2) is 50.7 Å². The molecule has 1 aliphatic rings. The van der Waals surface area contributed by atoms with Crippen molar-refractivity contribution >= 4 is 5.71 Å². The molecule has 1 N–H and O–H groups in total. The van der Waals surface area contributed by atoms with Gasteiger partial charge in [0.1, 0.15) is 13.6 Å². The Morgan fingerprint density at radius 3 is 2.79 bits per heavy atom. The summed E-state index contributed by atoms with van der Waals surface area (Å²) in [6.07, 6.45) is 11.5. The van der Waals surface area contributed by atoms with Crippen LogP contribution in [0.4, 0.5) is 0 Å². The average Bonchev–Trinajstić information content (AvgIpc) is 2.72. The monoisotopic (exact) mass is 381 g/mol. The molecule has 28 heavy (non-hydrogen) atoms. The predicted molar refractivity (Wildman–Crippen MR) is 121 cm³/mol. The Labute approximate surface area is 171 Å². The molecular weight excluding hydrogens is 344 g/mol. The zero-order valence-electron chi connectivity index (χ0n) is 18.0. The van der Waals surface area contributed by atoms with Gasteiger partial charge in [-0.25, -0.2) is 4.58 Å². The van der Waals surface area contributed by atoms with Gasteiger partial charge in [0.25, 0.3) is 0 Å². The van der Waals surface area contributed by atoms with Crippen LogP contribution in [0.1, 0.15) is 43.7 Å². The van der Waals surface area contributed by atoms with Crippen molar-refractivity contribution in [1.82, 2.24) is 5.32 Å². The highest BCUT2D eigenvalue weighted by atomic mass is 16.5. The highest BCUT2D eigenvalue weighted by Crippen LogP contribution is 2.18. The van der Waals surface area contributed by atoms with Gasteiger partial charge in [-0.2, -0.15) is 0 Å². The van der Waals surface area contributed by atoms with Gasteiger partial charge in [0, 0.05) is 18.6 Å². The molecule has 1 aliphatic heterocycles. The van der Waals surface area contributed by atoms with Crippen LogP contribution in [0, 0.1) is 0 Å². The van der Waals surface area contributed by atoms with Crippen LogP contribution in [0.3, 0.4) is 0 Å². The van der Waals surface area contributed by atoms with Crippen molar-refractivity contribution in [3.8, 4) is 0 Å². The third kappa shape index (κ3) is 6.57. The van der Waals surface area contributed by atoms with E-state index in [9.17, 15) is 0 Å². The maximum Gasteiger partial charge on any atom is 0.185 e. The summed E-state index contributed by atoms with van der Waals surface area (Å²) in [4.78, 5) is 0. The van der Waals surface area contributed by atoms with Gasteiger partial charge >= 0.3 is 0 Å². The molecule has 152 valence electrons. The Morgan fingerprint density at radius 2 is 2.04 bits per heavy atom. The van der Waals surface area contributed by atoms with E-state index in [1.165, 1.54) is 28.0 Å². The van der Waals surface area contributed by atoms with Crippen LogP contribution in [0.15, 0.2) is 60.2 Å². The van der Waals surface area contributed by atoms with Crippen molar-refractivity contribution < 1.29 is 9.31 Å². The summed E-state index contributed by atoms with van der Waals surface area (Å²) in [5.74, 6) is 0. The van der Waals surface area contributed by atoms with Crippen LogP contribution in [0.25, 0.3) is 0 Å². The van der Waals surface area contributed by atoms with Crippen LogP contribution < -0.4 is 5.32 Å². The molecule has 0 fully saturated rings. The first-order valence-electron chi connectivity index (χ1n) is 10.6. The van der Waals surface area contributed by atoms with E-state index >= 15 is 0 Å². The lowest BCUT2D eigenvalue weighted by Gasteiger charge is -2.16. The average molecular weight is 382 g/mol. The predicted octanol–water partition coefficient (Wildman–Crippen LogP) is 4.53. The van der Waals surface area contributed by atoms with Gasteiger partial charge in [-0.3, -0.25) is 0 Å². The summed E-state index contributed by atoms with van der Waals surface area (Å²) in [5.41, 5.74) is 7.00. The Bertz CT molecular complexity index is 728. The molecule has 3 nitrogen and oxygen atoms in total. The van der Waals surface area contributed by atoms with Crippen molar-refractivity contribution in [2.45, 2.75) is 39.0 Å². The Morgan fingerprint density at radius 1 is 1.21 bits per heavy atom. The maximum atomic E-state index is 5.99. The van der Waals surface area contributed by atoms with Gasteiger partial charge < -0.3 is 10.1 Å². The molecular formula is C25H37N2O+. The molecule has 2 rings (SSSR count). The molecule has 0 bridgehead atoms. The summed E-state index contributed by atoms with van der Waals surface area (Å²) in [5, 5.41) is 3.22. The number of allylic oxidation sites excluding steroid dienone is 4. The molecule has 0 aliphatic carbocycles. The molecule has 0 radical (unpaired) electrons. The number of fused-ring (bicyclic) bond motifs is 1. The Hall–Kier alpha value is -1.97. The van der Waals surface area contributed by atoms with Gasteiger partial charge in [0.2, 0.25) is 0 Å². The molecule has 1 aromatic rings. The molecule has 0 unspecified atom stereocenters.